The number of carbonyl (C=O) groups is 1. The predicted octanol–water partition coefficient (Wildman–Crippen LogP) is 6.16. The molecule has 8 heteroatoms. The third-order valence-electron chi connectivity index (χ3n) is 5.62. The van der Waals surface area contributed by atoms with E-state index in [1.54, 1.807) is 19.1 Å². The molecular weight excluding hydrogens is 475 g/mol. The van der Waals surface area contributed by atoms with Crippen molar-refractivity contribution in [1.82, 2.24) is 9.78 Å². The van der Waals surface area contributed by atoms with E-state index in [4.69, 9.17) is 32.4 Å². The number of halogens is 2. The lowest BCUT2D eigenvalue weighted by atomic mass is 10.0. The first-order chi connectivity index (χ1) is 16.4. The molecule has 0 aliphatic rings. The van der Waals surface area contributed by atoms with Gasteiger partial charge >= 0.3 is 11.6 Å². The number of rotatable bonds is 5. The molecule has 0 fully saturated rings. The highest BCUT2D eigenvalue weighted by molar-refractivity contribution is 6.33. The molecule has 170 valence electrons. The first-order valence-corrected chi connectivity index (χ1v) is 11.3. The number of aromatic nitrogens is 2. The van der Waals surface area contributed by atoms with Gasteiger partial charge in [-0.3, -0.25) is 0 Å². The average molecular weight is 493 g/mol. The van der Waals surface area contributed by atoms with E-state index >= 15 is 0 Å². The van der Waals surface area contributed by atoms with E-state index in [-0.39, 0.29) is 17.3 Å². The fourth-order valence-electron chi connectivity index (χ4n) is 4.03. The third kappa shape index (κ3) is 4.06. The summed E-state index contributed by atoms with van der Waals surface area (Å²) in [5, 5.41) is 7.73. The van der Waals surface area contributed by atoms with Crippen LogP contribution in [0.15, 0.2) is 75.9 Å². The largest absolute Gasteiger partial charge is 0.457 e. The number of ether oxygens (including phenoxy) is 1. The fraction of sp³-hybridized carbons (Fsp3) is 0.115. The van der Waals surface area contributed by atoms with Crippen LogP contribution >= 0.6 is 23.2 Å². The Bertz CT molecular complexity index is 1620. The summed E-state index contributed by atoms with van der Waals surface area (Å²) < 4.78 is 12.5. The second-order valence-corrected chi connectivity index (χ2v) is 8.59. The standard InChI is InChI=1S/C26H18Cl2N2O4/c1-15-23(25(28)30(29-15)13-17-7-3-5-9-20(17)27)26(32)33-14-18-12-22(31)34-21-11-10-16-6-2-4-8-19(16)24(18)21/h2-12H,13-14H2,1H3. The zero-order valence-electron chi connectivity index (χ0n) is 18.0. The fourth-order valence-corrected chi connectivity index (χ4v) is 4.53. The number of carbonyl (C=O) groups excluding carboxylic acids is 1. The molecule has 6 nitrogen and oxygen atoms in total. The zero-order valence-corrected chi connectivity index (χ0v) is 19.6. The lowest BCUT2D eigenvalue weighted by molar-refractivity contribution is 0.0473. The quantitative estimate of drug-likeness (QED) is 0.167. The van der Waals surface area contributed by atoms with Gasteiger partial charge in [-0.05, 0) is 35.4 Å². The van der Waals surface area contributed by atoms with Gasteiger partial charge < -0.3 is 9.15 Å². The Morgan fingerprint density at radius 3 is 2.62 bits per heavy atom. The molecule has 34 heavy (non-hydrogen) atoms. The van der Waals surface area contributed by atoms with Crippen molar-refractivity contribution in [3.63, 3.8) is 0 Å². The topological polar surface area (TPSA) is 74.3 Å². The van der Waals surface area contributed by atoms with Crippen molar-refractivity contribution in [3.05, 3.63) is 110 Å². The van der Waals surface area contributed by atoms with Gasteiger partial charge in [0.1, 0.15) is 22.9 Å². The summed E-state index contributed by atoms with van der Waals surface area (Å²) in [4.78, 5) is 25.1. The number of aryl methyl sites for hydroxylation is 1. The minimum Gasteiger partial charge on any atom is -0.457 e. The monoisotopic (exact) mass is 492 g/mol. The van der Waals surface area contributed by atoms with Crippen LogP contribution in [0.5, 0.6) is 0 Å². The predicted molar refractivity (Wildman–Crippen MR) is 132 cm³/mol. The number of nitrogens with zero attached hydrogens (tertiary/aromatic N) is 2. The number of fused-ring (bicyclic) bond motifs is 3. The van der Waals surface area contributed by atoms with Crippen LogP contribution in [0, 0.1) is 6.92 Å². The number of esters is 1. The van der Waals surface area contributed by atoms with Crippen molar-refractivity contribution in [1.29, 1.82) is 0 Å². The number of benzene rings is 3. The van der Waals surface area contributed by atoms with Gasteiger partial charge in [0.05, 0.1) is 12.2 Å². The first-order valence-electron chi connectivity index (χ1n) is 10.5. The van der Waals surface area contributed by atoms with Crippen molar-refractivity contribution < 1.29 is 13.9 Å². The molecule has 0 N–H and O–H groups in total. The normalized spacial score (nSPS) is 11.3. The van der Waals surface area contributed by atoms with Crippen LogP contribution in [0.3, 0.4) is 0 Å². The van der Waals surface area contributed by atoms with Crippen LogP contribution in [-0.4, -0.2) is 15.7 Å². The second kappa shape index (κ2) is 8.97. The van der Waals surface area contributed by atoms with Crippen molar-refractivity contribution in [2.45, 2.75) is 20.1 Å². The van der Waals surface area contributed by atoms with Crippen molar-refractivity contribution in [2.24, 2.45) is 0 Å². The van der Waals surface area contributed by atoms with Gasteiger partial charge in [-0.25, -0.2) is 14.3 Å². The Hall–Kier alpha value is -3.61. The molecule has 5 rings (SSSR count). The SMILES string of the molecule is Cc1nn(Cc2ccccc2Cl)c(Cl)c1C(=O)OCc1cc(=O)oc2ccc3ccccc3c12. The van der Waals surface area contributed by atoms with E-state index < -0.39 is 11.6 Å². The Morgan fingerprint density at radius 1 is 1.03 bits per heavy atom. The molecule has 0 bridgehead atoms. The van der Waals surface area contributed by atoms with E-state index in [2.05, 4.69) is 5.10 Å². The molecule has 0 aliphatic heterocycles. The van der Waals surface area contributed by atoms with Gasteiger partial charge in [0, 0.05) is 22.0 Å². The van der Waals surface area contributed by atoms with E-state index in [0.29, 0.717) is 28.4 Å². The molecule has 5 aromatic rings. The average Bonchev–Trinajstić information content (AvgIpc) is 3.11. The summed E-state index contributed by atoms with van der Waals surface area (Å²) in [5.41, 5.74) is 1.89. The number of hydrogen-bond acceptors (Lipinski definition) is 5. The Labute approximate surface area is 204 Å². The molecule has 2 aromatic heterocycles. The molecule has 0 atom stereocenters. The maximum atomic E-state index is 13.0. The summed E-state index contributed by atoms with van der Waals surface area (Å²) in [6.07, 6.45) is 0. The summed E-state index contributed by atoms with van der Waals surface area (Å²) in [6.45, 7) is 1.87. The highest BCUT2D eigenvalue weighted by Crippen LogP contribution is 2.29. The smallest absolute Gasteiger partial charge is 0.343 e. The molecule has 0 radical (unpaired) electrons. The molecule has 3 aromatic carbocycles. The van der Waals surface area contributed by atoms with Gasteiger partial charge in [-0.1, -0.05) is 71.7 Å². The summed E-state index contributed by atoms with van der Waals surface area (Å²) in [5.74, 6) is -0.630. The van der Waals surface area contributed by atoms with Crippen LogP contribution < -0.4 is 5.63 Å². The minimum atomic E-state index is -0.630. The second-order valence-electron chi connectivity index (χ2n) is 7.83. The Balaban J connectivity index is 1.45. The van der Waals surface area contributed by atoms with Gasteiger partial charge in [0.25, 0.3) is 0 Å². The van der Waals surface area contributed by atoms with E-state index in [1.807, 2.05) is 48.5 Å². The zero-order chi connectivity index (χ0) is 23.8. The minimum absolute atomic E-state index is 0.125. The Kier molecular flexibility index (Phi) is 5.86. The van der Waals surface area contributed by atoms with Crippen molar-refractivity contribution in [2.75, 3.05) is 0 Å². The molecule has 0 spiro atoms. The van der Waals surface area contributed by atoms with E-state index in [0.717, 1.165) is 21.7 Å². The van der Waals surface area contributed by atoms with Gasteiger partial charge in [-0.15, -0.1) is 0 Å². The van der Waals surface area contributed by atoms with Crippen LogP contribution in [0.4, 0.5) is 0 Å². The molecular formula is C26H18Cl2N2O4. The molecule has 0 amide bonds. The first kappa shape index (κ1) is 22.2. The maximum Gasteiger partial charge on any atom is 0.343 e. The van der Waals surface area contributed by atoms with Crippen molar-refractivity contribution >= 4 is 50.9 Å². The Morgan fingerprint density at radius 2 is 1.79 bits per heavy atom. The summed E-state index contributed by atoms with van der Waals surface area (Å²) in [7, 11) is 0. The van der Waals surface area contributed by atoms with E-state index in [1.165, 1.54) is 10.7 Å². The van der Waals surface area contributed by atoms with Crippen LogP contribution in [0.1, 0.15) is 27.2 Å². The van der Waals surface area contributed by atoms with Crippen LogP contribution in [0.25, 0.3) is 21.7 Å². The van der Waals surface area contributed by atoms with E-state index in [9.17, 15) is 9.59 Å². The lowest BCUT2D eigenvalue weighted by Gasteiger charge is -2.10. The van der Waals surface area contributed by atoms with Crippen molar-refractivity contribution in [3.8, 4) is 0 Å². The lowest BCUT2D eigenvalue weighted by Crippen LogP contribution is -2.09. The highest BCUT2D eigenvalue weighted by atomic mass is 35.5. The summed E-state index contributed by atoms with van der Waals surface area (Å²) >= 11 is 12.7. The van der Waals surface area contributed by atoms with Gasteiger partial charge in [-0.2, -0.15) is 5.10 Å². The van der Waals surface area contributed by atoms with Gasteiger partial charge in [0.2, 0.25) is 0 Å². The van der Waals surface area contributed by atoms with Crippen LogP contribution in [0.2, 0.25) is 10.2 Å². The molecule has 0 saturated carbocycles. The summed E-state index contributed by atoms with van der Waals surface area (Å²) in [6, 6.07) is 20.0. The molecule has 2 heterocycles. The molecule has 0 saturated heterocycles. The molecule has 0 unspecified atom stereocenters. The number of hydrogen-bond donors (Lipinski definition) is 0. The van der Waals surface area contributed by atoms with Crippen LogP contribution in [-0.2, 0) is 17.9 Å². The molecule has 0 aliphatic carbocycles. The maximum absolute atomic E-state index is 13.0. The third-order valence-corrected chi connectivity index (χ3v) is 6.37. The highest BCUT2D eigenvalue weighted by Gasteiger charge is 2.23. The van der Waals surface area contributed by atoms with Gasteiger partial charge in [0.15, 0.2) is 0 Å².